The molecule has 0 spiro atoms. The normalized spacial score (nSPS) is 16.7. The van der Waals surface area contributed by atoms with E-state index in [0.717, 1.165) is 12.5 Å². The third kappa shape index (κ3) is 3.49. The molecule has 3 N–H and O–H groups in total. The number of hydrogen-bond donors (Lipinski definition) is 2. The molecule has 0 amide bonds. The molecule has 0 heterocycles. The van der Waals surface area contributed by atoms with Crippen molar-refractivity contribution in [1.29, 1.82) is 0 Å². The van der Waals surface area contributed by atoms with E-state index in [2.05, 4.69) is 4.72 Å². The van der Waals surface area contributed by atoms with Crippen molar-refractivity contribution < 1.29 is 12.8 Å². The second-order valence-corrected chi connectivity index (χ2v) is 7.21. The number of halogens is 1. The number of nitrogens with one attached hydrogen (secondary N) is 1. The van der Waals surface area contributed by atoms with Crippen molar-refractivity contribution in [2.75, 3.05) is 12.3 Å². The van der Waals surface area contributed by atoms with Crippen molar-refractivity contribution in [1.82, 2.24) is 4.72 Å². The van der Waals surface area contributed by atoms with Crippen molar-refractivity contribution >= 4 is 15.7 Å². The maximum Gasteiger partial charge on any atom is 0.240 e. The Kier molecular flexibility index (Phi) is 4.65. The highest BCUT2D eigenvalue weighted by molar-refractivity contribution is 7.89. The molecular weight excluding hydrogens is 279 g/mol. The minimum atomic E-state index is -3.62. The van der Waals surface area contributed by atoms with Crippen LogP contribution in [0.3, 0.4) is 0 Å². The van der Waals surface area contributed by atoms with E-state index in [1.807, 2.05) is 0 Å². The van der Waals surface area contributed by atoms with Crippen LogP contribution in [0.4, 0.5) is 10.1 Å². The van der Waals surface area contributed by atoms with Crippen LogP contribution in [0, 0.1) is 18.7 Å². The van der Waals surface area contributed by atoms with Crippen LogP contribution in [0.15, 0.2) is 17.0 Å². The lowest BCUT2D eigenvalue weighted by Gasteiger charge is -2.12. The summed E-state index contributed by atoms with van der Waals surface area (Å²) in [4.78, 5) is 0.0582. The summed E-state index contributed by atoms with van der Waals surface area (Å²) in [5, 5.41) is 0. The van der Waals surface area contributed by atoms with Gasteiger partial charge in [-0.1, -0.05) is 25.7 Å². The Morgan fingerprint density at radius 1 is 1.35 bits per heavy atom. The molecular formula is C14H21FN2O2S. The molecule has 6 heteroatoms. The highest BCUT2D eigenvalue weighted by Gasteiger charge is 2.20. The number of benzene rings is 1. The molecule has 0 aliphatic heterocycles. The highest BCUT2D eigenvalue weighted by Crippen LogP contribution is 2.27. The van der Waals surface area contributed by atoms with Gasteiger partial charge in [-0.15, -0.1) is 0 Å². The number of nitrogens with two attached hydrogens (primary N) is 1. The lowest BCUT2D eigenvalue weighted by Crippen LogP contribution is -2.26. The zero-order chi connectivity index (χ0) is 14.8. The first-order valence-corrected chi connectivity index (χ1v) is 8.44. The second-order valence-electron chi connectivity index (χ2n) is 5.48. The van der Waals surface area contributed by atoms with Gasteiger partial charge in [-0.2, -0.15) is 0 Å². The summed E-state index contributed by atoms with van der Waals surface area (Å²) in [7, 11) is -3.62. The SMILES string of the molecule is Cc1cc(F)c(N)cc1S(=O)(=O)NCCC1CCCC1. The van der Waals surface area contributed by atoms with Crippen LogP contribution < -0.4 is 10.5 Å². The van der Waals surface area contributed by atoms with Gasteiger partial charge in [0.25, 0.3) is 0 Å². The minimum Gasteiger partial charge on any atom is -0.396 e. The van der Waals surface area contributed by atoms with Crippen LogP contribution >= 0.6 is 0 Å². The summed E-state index contributed by atoms with van der Waals surface area (Å²) < 4.78 is 40.3. The summed E-state index contributed by atoms with van der Waals surface area (Å²) in [6.07, 6.45) is 5.71. The second kappa shape index (κ2) is 6.10. The van der Waals surface area contributed by atoms with Gasteiger partial charge in [-0.05, 0) is 37.0 Å². The summed E-state index contributed by atoms with van der Waals surface area (Å²) >= 11 is 0. The Labute approximate surface area is 119 Å². The summed E-state index contributed by atoms with van der Waals surface area (Å²) in [5.41, 5.74) is 5.67. The van der Waals surface area contributed by atoms with E-state index in [1.165, 1.54) is 31.7 Å². The van der Waals surface area contributed by atoms with E-state index in [1.54, 1.807) is 6.92 Å². The predicted molar refractivity (Wildman–Crippen MR) is 77.3 cm³/mol. The molecule has 1 aromatic rings. The molecule has 0 bridgehead atoms. The van der Waals surface area contributed by atoms with E-state index in [9.17, 15) is 12.8 Å². The lowest BCUT2D eigenvalue weighted by molar-refractivity contribution is 0.495. The topological polar surface area (TPSA) is 72.2 Å². The van der Waals surface area contributed by atoms with Gasteiger partial charge in [-0.3, -0.25) is 0 Å². The molecule has 1 aliphatic rings. The van der Waals surface area contributed by atoms with Crippen LogP contribution in [-0.4, -0.2) is 15.0 Å². The monoisotopic (exact) mass is 300 g/mol. The molecule has 1 aliphatic carbocycles. The molecule has 0 unspecified atom stereocenters. The third-order valence-corrected chi connectivity index (χ3v) is 5.51. The van der Waals surface area contributed by atoms with Crippen molar-refractivity contribution in [2.45, 2.75) is 43.9 Å². The lowest BCUT2D eigenvalue weighted by atomic mass is 10.1. The van der Waals surface area contributed by atoms with Gasteiger partial charge in [0.1, 0.15) is 5.82 Å². The van der Waals surface area contributed by atoms with Crippen LogP contribution in [0.5, 0.6) is 0 Å². The van der Waals surface area contributed by atoms with Gasteiger partial charge < -0.3 is 5.73 Å². The average molecular weight is 300 g/mol. The molecule has 0 saturated heterocycles. The van der Waals surface area contributed by atoms with Gasteiger partial charge in [-0.25, -0.2) is 17.5 Å². The molecule has 0 atom stereocenters. The summed E-state index contributed by atoms with van der Waals surface area (Å²) in [6, 6.07) is 2.34. The number of aryl methyl sites for hydroxylation is 1. The molecule has 4 nitrogen and oxygen atoms in total. The molecule has 112 valence electrons. The Hall–Kier alpha value is -1.14. The van der Waals surface area contributed by atoms with Crippen LogP contribution in [-0.2, 0) is 10.0 Å². The molecule has 0 radical (unpaired) electrons. The zero-order valence-electron chi connectivity index (χ0n) is 11.7. The predicted octanol–water partition coefficient (Wildman–Crippen LogP) is 2.57. The van der Waals surface area contributed by atoms with Crippen LogP contribution in [0.2, 0.25) is 0 Å². The first kappa shape index (κ1) is 15.3. The largest absolute Gasteiger partial charge is 0.396 e. The summed E-state index contributed by atoms with van der Waals surface area (Å²) in [6.45, 7) is 1.98. The van der Waals surface area contributed by atoms with Crippen molar-refractivity contribution in [2.24, 2.45) is 5.92 Å². The molecule has 1 aromatic carbocycles. The van der Waals surface area contributed by atoms with E-state index >= 15 is 0 Å². The highest BCUT2D eigenvalue weighted by atomic mass is 32.2. The average Bonchev–Trinajstić information content (AvgIpc) is 2.86. The first-order chi connectivity index (χ1) is 9.40. The van der Waals surface area contributed by atoms with Crippen molar-refractivity contribution in [3.05, 3.63) is 23.5 Å². The Bertz CT molecular complexity index is 581. The number of rotatable bonds is 5. The Morgan fingerprint density at radius 3 is 2.65 bits per heavy atom. The fourth-order valence-electron chi connectivity index (χ4n) is 2.73. The molecule has 1 fully saturated rings. The fourth-order valence-corrected chi connectivity index (χ4v) is 4.04. The molecule has 2 rings (SSSR count). The Balaban J connectivity index is 2.04. The zero-order valence-corrected chi connectivity index (χ0v) is 12.5. The number of nitrogen functional groups attached to an aromatic ring is 1. The van der Waals surface area contributed by atoms with Crippen LogP contribution in [0.1, 0.15) is 37.7 Å². The van der Waals surface area contributed by atoms with E-state index in [4.69, 9.17) is 5.73 Å². The Morgan fingerprint density at radius 2 is 2.00 bits per heavy atom. The fraction of sp³-hybridized carbons (Fsp3) is 0.571. The smallest absolute Gasteiger partial charge is 0.240 e. The van der Waals surface area contributed by atoms with E-state index < -0.39 is 15.8 Å². The maximum atomic E-state index is 13.3. The van der Waals surface area contributed by atoms with Gasteiger partial charge in [0.05, 0.1) is 10.6 Å². The number of anilines is 1. The minimum absolute atomic E-state index is 0.0582. The van der Waals surface area contributed by atoms with E-state index in [0.29, 0.717) is 18.0 Å². The summed E-state index contributed by atoms with van der Waals surface area (Å²) in [5.74, 6) is 0.0319. The van der Waals surface area contributed by atoms with E-state index in [-0.39, 0.29) is 10.6 Å². The third-order valence-electron chi connectivity index (χ3n) is 3.90. The molecule has 1 saturated carbocycles. The standard InChI is InChI=1S/C14H21FN2O2S/c1-10-8-12(15)13(16)9-14(10)20(18,19)17-7-6-11-4-2-3-5-11/h8-9,11,17H,2-7,16H2,1H3. The molecule has 20 heavy (non-hydrogen) atoms. The van der Waals surface area contributed by atoms with Crippen LogP contribution in [0.25, 0.3) is 0 Å². The van der Waals surface area contributed by atoms with Gasteiger partial charge >= 0.3 is 0 Å². The number of hydrogen-bond acceptors (Lipinski definition) is 3. The van der Waals surface area contributed by atoms with Gasteiger partial charge in [0.15, 0.2) is 0 Å². The van der Waals surface area contributed by atoms with Crippen molar-refractivity contribution in [3.8, 4) is 0 Å². The quantitative estimate of drug-likeness (QED) is 0.821. The van der Waals surface area contributed by atoms with Crippen molar-refractivity contribution in [3.63, 3.8) is 0 Å². The van der Waals surface area contributed by atoms with Gasteiger partial charge in [0.2, 0.25) is 10.0 Å². The molecule has 0 aromatic heterocycles. The van der Waals surface area contributed by atoms with Gasteiger partial charge in [0, 0.05) is 6.54 Å². The maximum absolute atomic E-state index is 13.3. The first-order valence-electron chi connectivity index (χ1n) is 6.95. The number of sulfonamides is 1.